The zero-order valence-electron chi connectivity index (χ0n) is 8.59. The van der Waals surface area contributed by atoms with Crippen LogP contribution < -0.4 is 4.87 Å². The lowest BCUT2D eigenvalue weighted by Crippen LogP contribution is -2.19. The van der Waals surface area contributed by atoms with Crippen LogP contribution in [0.4, 0.5) is 4.39 Å². The van der Waals surface area contributed by atoms with E-state index in [4.69, 9.17) is 5.11 Å². The quantitative estimate of drug-likeness (QED) is 0.907. The summed E-state index contributed by atoms with van der Waals surface area (Å²) in [6, 6.07) is 5.69. The van der Waals surface area contributed by atoms with Crippen LogP contribution in [0.1, 0.15) is 0 Å². The van der Waals surface area contributed by atoms with Gasteiger partial charge < -0.3 is 5.11 Å². The maximum atomic E-state index is 13.1. The molecule has 2 aromatic rings. The Morgan fingerprint density at radius 2 is 2.24 bits per heavy atom. The molecule has 6 heteroatoms. The van der Waals surface area contributed by atoms with Crippen LogP contribution in [0.3, 0.4) is 0 Å². The van der Waals surface area contributed by atoms with Gasteiger partial charge in [-0.3, -0.25) is 14.2 Å². The lowest BCUT2D eigenvalue weighted by atomic mass is 10.1. The van der Waals surface area contributed by atoms with E-state index in [0.29, 0.717) is 11.3 Å². The van der Waals surface area contributed by atoms with Crippen LogP contribution in [0, 0.1) is 5.82 Å². The van der Waals surface area contributed by atoms with Crippen LogP contribution in [0.2, 0.25) is 0 Å². The first-order valence-electron chi connectivity index (χ1n) is 4.74. The second-order valence-electron chi connectivity index (χ2n) is 3.38. The molecule has 0 unspecified atom stereocenters. The van der Waals surface area contributed by atoms with Crippen molar-refractivity contribution in [2.75, 3.05) is 0 Å². The van der Waals surface area contributed by atoms with Crippen molar-refractivity contribution in [3.05, 3.63) is 45.1 Å². The smallest absolute Gasteiger partial charge is 0.323 e. The van der Waals surface area contributed by atoms with E-state index >= 15 is 0 Å². The lowest BCUT2D eigenvalue weighted by molar-refractivity contribution is -0.137. The van der Waals surface area contributed by atoms with Crippen molar-refractivity contribution in [3.8, 4) is 11.3 Å². The Morgan fingerprint density at radius 3 is 2.88 bits per heavy atom. The van der Waals surface area contributed by atoms with Gasteiger partial charge in [-0.25, -0.2) is 4.39 Å². The number of rotatable bonds is 3. The number of aliphatic carboxylic acids is 1. The third-order valence-electron chi connectivity index (χ3n) is 2.20. The second kappa shape index (κ2) is 4.50. The molecule has 4 nitrogen and oxygen atoms in total. The van der Waals surface area contributed by atoms with Crippen LogP contribution in [0.25, 0.3) is 11.3 Å². The Hall–Kier alpha value is -1.95. The molecular formula is C11H8FNO3S. The summed E-state index contributed by atoms with van der Waals surface area (Å²) < 4.78 is 14.2. The number of carbonyl (C=O) groups is 1. The number of hydrogen-bond donors (Lipinski definition) is 1. The minimum absolute atomic E-state index is 0.369. The molecule has 0 amide bonds. The maximum Gasteiger partial charge on any atom is 0.323 e. The molecule has 0 saturated carbocycles. The molecule has 2 rings (SSSR count). The molecule has 88 valence electrons. The van der Waals surface area contributed by atoms with E-state index in [2.05, 4.69) is 0 Å². The molecular weight excluding hydrogens is 245 g/mol. The van der Waals surface area contributed by atoms with Crippen molar-refractivity contribution in [2.45, 2.75) is 6.54 Å². The van der Waals surface area contributed by atoms with Crippen LogP contribution in [-0.4, -0.2) is 15.6 Å². The molecule has 0 aliphatic rings. The summed E-state index contributed by atoms with van der Waals surface area (Å²) in [7, 11) is 0. The SMILES string of the molecule is O=C(O)Cn1c(-c2cccc(F)c2)csc1=O. The van der Waals surface area contributed by atoms with E-state index in [9.17, 15) is 14.0 Å². The zero-order chi connectivity index (χ0) is 12.4. The van der Waals surface area contributed by atoms with Crippen LogP contribution in [0.5, 0.6) is 0 Å². The van der Waals surface area contributed by atoms with Gasteiger partial charge in [0.15, 0.2) is 0 Å². The van der Waals surface area contributed by atoms with Crippen LogP contribution in [-0.2, 0) is 11.3 Å². The Morgan fingerprint density at radius 1 is 1.47 bits per heavy atom. The number of aromatic nitrogens is 1. The van der Waals surface area contributed by atoms with Crippen molar-refractivity contribution in [3.63, 3.8) is 0 Å². The van der Waals surface area contributed by atoms with Gasteiger partial charge in [0.2, 0.25) is 0 Å². The van der Waals surface area contributed by atoms with Crippen molar-refractivity contribution < 1.29 is 14.3 Å². The molecule has 1 heterocycles. The van der Waals surface area contributed by atoms with Gasteiger partial charge in [0.25, 0.3) is 0 Å². The fourth-order valence-corrected chi connectivity index (χ4v) is 2.25. The van der Waals surface area contributed by atoms with Crippen molar-refractivity contribution >= 4 is 17.3 Å². The van der Waals surface area contributed by atoms with Gasteiger partial charge in [-0.15, -0.1) is 0 Å². The van der Waals surface area contributed by atoms with Gasteiger partial charge >= 0.3 is 10.8 Å². The number of thiazole rings is 1. The van der Waals surface area contributed by atoms with Gasteiger partial charge in [0.05, 0.1) is 5.69 Å². The Kier molecular flexibility index (Phi) is 3.06. The van der Waals surface area contributed by atoms with E-state index in [1.54, 1.807) is 6.07 Å². The number of nitrogens with zero attached hydrogens (tertiary/aromatic N) is 1. The summed E-state index contributed by atoms with van der Waals surface area (Å²) >= 11 is 0.895. The standard InChI is InChI=1S/C11H8FNO3S/c12-8-3-1-2-7(4-8)9-6-17-11(16)13(9)5-10(14)15/h1-4,6H,5H2,(H,14,15). The monoisotopic (exact) mass is 253 g/mol. The average Bonchev–Trinajstić information content (AvgIpc) is 2.60. The predicted molar refractivity (Wildman–Crippen MR) is 61.6 cm³/mol. The third kappa shape index (κ3) is 2.42. The highest BCUT2D eigenvalue weighted by molar-refractivity contribution is 7.07. The highest BCUT2D eigenvalue weighted by Crippen LogP contribution is 2.20. The molecule has 0 fully saturated rings. The lowest BCUT2D eigenvalue weighted by Gasteiger charge is -2.04. The van der Waals surface area contributed by atoms with E-state index in [1.165, 1.54) is 23.6 Å². The summed E-state index contributed by atoms with van der Waals surface area (Å²) in [5.41, 5.74) is 0.909. The average molecular weight is 253 g/mol. The summed E-state index contributed by atoms with van der Waals surface area (Å²) in [5, 5.41) is 10.2. The fourth-order valence-electron chi connectivity index (χ4n) is 1.49. The number of carboxylic acids is 1. The Labute approximate surface area is 99.6 Å². The molecule has 0 aliphatic heterocycles. The molecule has 0 radical (unpaired) electrons. The van der Waals surface area contributed by atoms with E-state index in [-0.39, 0.29) is 4.87 Å². The number of hydrogen-bond acceptors (Lipinski definition) is 3. The van der Waals surface area contributed by atoms with E-state index < -0.39 is 18.3 Å². The highest BCUT2D eigenvalue weighted by Gasteiger charge is 2.11. The van der Waals surface area contributed by atoms with Crippen LogP contribution in [0.15, 0.2) is 34.4 Å². The van der Waals surface area contributed by atoms with E-state index in [0.717, 1.165) is 15.9 Å². The fraction of sp³-hybridized carbons (Fsp3) is 0.0909. The first kappa shape index (κ1) is 11.5. The van der Waals surface area contributed by atoms with Crippen molar-refractivity contribution in [2.24, 2.45) is 0 Å². The largest absolute Gasteiger partial charge is 0.480 e. The summed E-state index contributed by atoms with van der Waals surface area (Å²) in [4.78, 5) is 21.7. The second-order valence-corrected chi connectivity index (χ2v) is 4.20. The van der Waals surface area contributed by atoms with Crippen LogP contribution >= 0.6 is 11.3 Å². The van der Waals surface area contributed by atoms with Crippen molar-refractivity contribution in [1.29, 1.82) is 0 Å². The summed E-state index contributed by atoms with van der Waals surface area (Å²) in [5.74, 6) is -1.54. The summed E-state index contributed by atoms with van der Waals surface area (Å²) in [6.07, 6.45) is 0. The maximum absolute atomic E-state index is 13.1. The molecule has 0 saturated heterocycles. The topological polar surface area (TPSA) is 59.3 Å². The first-order chi connectivity index (χ1) is 8.08. The zero-order valence-corrected chi connectivity index (χ0v) is 9.41. The Bertz CT molecular complexity index is 617. The molecule has 17 heavy (non-hydrogen) atoms. The molecule has 1 N–H and O–H groups in total. The van der Waals surface area contributed by atoms with Gasteiger partial charge in [0.1, 0.15) is 12.4 Å². The third-order valence-corrected chi connectivity index (χ3v) is 2.96. The molecule has 0 aliphatic carbocycles. The molecule has 1 aromatic carbocycles. The van der Waals surface area contributed by atoms with E-state index in [1.807, 2.05) is 0 Å². The van der Waals surface area contributed by atoms with Gasteiger partial charge in [-0.2, -0.15) is 0 Å². The molecule has 0 atom stereocenters. The first-order valence-corrected chi connectivity index (χ1v) is 5.62. The highest BCUT2D eigenvalue weighted by atomic mass is 32.1. The molecule has 0 bridgehead atoms. The normalized spacial score (nSPS) is 10.4. The minimum Gasteiger partial charge on any atom is -0.480 e. The van der Waals surface area contributed by atoms with Gasteiger partial charge in [-0.05, 0) is 12.1 Å². The number of halogens is 1. The summed E-state index contributed by atoms with van der Waals surface area (Å²) in [6.45, 7) is -0.422. The molecule has 1 aromatic heterocycles. The molecule has 0 spiro atoms. The predicted octanol–water partition coefficient (Wildman–Crippen LogP) is 1.80. The van der Waals surface area contributed by atoms with Gasteiger partial charge in [0, 0.05) is 10.9 Å². The minimum atomic E-state index is -1.11. The Balaban J connectivity index is 2.52. The number of benzene rings is 1. The number of carboxylic acid groups (broad SMARTS) is 1. The van der Waals surface area contributed by atoms with Crippen molar-refractivity contribution in [1.82, 2.24) is 4.57 Å². The van der Waals surface area contributed by atoms with Gasteiger partial charge in [-0.1, -0.05) is 23.5 Å².